The van der Waals surface area contributed by atoms with E-state index in [-0.39, 0.29) is 10.7 Å². The first kappa shape index (κ1) is 8.80. The number of hydrogen-bond donors (Lipinski definition) is 0. The van der Waals surface area contributed by atoms with Crippen molar-refractivity contribution in [3.8, 4) is 0 Å². The third kappa shape index (κ3) is 1.48. The third-order valence-corrected chi connectivity index (χ3v) is 1.59. The minimum absolute atomic E-state index is 0.0827. The number of aromatic nitrogens is 1. The highest BCUT2D eigenvalue weighted by atomic mass is 35.5. The van der Waals surface area contributed by atoms with E-state index in [1.165, 1.54) is 25.4 Å². The molecule has 0 saturated heterocycles. The summed E-state index contributed by atoms with van der Waals surface area (Å²) in [7, 11) is 1.19. The molecule has 0 radical (unpaired) electrons. The van der Waals surface area contributed by atoms with Gasteiger partial charge in [0.25, 0.3) is 0 Å². The zero-order valence-electron chi connectivity index (χ0n) is 6.28. The summed E-state index contributed by atoms with van der Waals surface area (Å²) in [6.45, 7) is 0. The minimum atomic E-state index is -0.740. The Hall–Kier alpha value is -1.29. The lowest BCUT2D eigenvalue weighted by atomic mass is 10.3. The average Bonchev–Trinajstić information content (AvgIpc) is 2.03. The SMILES string of the molecule is COC(=O)c1c(Cl)ccc[n+]1[O-]. The van der Waals surface area contributed by atoms with Gasteiger partial charge in [0.05, 0.1) is 7.11 Å². The molecule has 0 aromatic carbocycles. The van der Waals surface area contributed by atoms with Crippen molar-refractivity contribution >= 4 is 17.6 Å². The Morgan fingerprint density at radius 2 is 2.42 bits per heavy atom. The second-order valence-electron chi connectivity index (χ2n) is 2.02. The third-order valence-electron chi connectivity index (χ3n) is 1.29. The van der Waals surface area contributed by atoms with Gasteiger partial charge in [-0.15, -0.1) is 0 Å². The van der Waals surface area contributed by atoms with Gasteiger partial charge >= 0.3 is 11.7 Å². The summed E-state index contributed by atoms with van der Waals surface area (Å²) >= 11 is 5.58. The van der Waals surface area contributed by atoms with E-state index in [0.29, 0.717) is 4.73 Å². The number of nitrogens with zero attached hydrogens (tertiary/aromatic N) is 1. The Balaban J connectivity index is 3.21. The topological polar surface area (TPSA) is 53.2 Å². The molecule has 0 aliphatic rings. The van der Waals surface area contributed by atoms with Crippen molar-refractivity contribution in [1.29, 1.82) is 0 Å². The molecule has 1 aromatic rings. The molecule has 0 bridgehead atoms. The summed E-state index contributed by atoms with van der Waals surface area (Å²) in [6.07, 6.45) is 1.18. The smallest absolute Gasteiger partial charge is 0.406 e. The van der Waals surface area contributed by atoms with Gasteiger partial charge in [0.1, 0.15) is 5.02 Å². The van der Waals surface area contributed by atoms with E-state index in [4.69, 9.17) is 11.6 Å². The number of ether oxygens (including phenoxy) is 1. The van der Waals surface area contributed by atoms with Crippen molar-refractivity contribution in [3.05, 3.63) is 34.3 Å². The summed E-state index contributed by atoms with van der Waals surface area (Å²) in [5.74, 6) is -0.740. The van der Waals surface area contributed by atoms with Crippen LogP contribution >= 0.6 is 11.6 Å². The highest BCUT2D eigenvalue weighted by Gasteiger charge is 2.20. The summed E-state index contributed by atoms with van der Waals surface area (Å²) in [4.78, 5) is 10.9. The van der Waals surface area contributed by atoms with Gasteiger partial charge in [-0.3, -0.25) is 0 Å². The molecule has 0 aliphatic carbocycles. The normalized spacial score (nSPS) is 9.50. The lowest BCUT2D eigenvalue weighted by molar-refractivity contribution is -0.608. The molecule has 0 N–H and O–H groups in total. The predicted molar refractivity (Wildman–Crippen MR) is 41.8 cm³/mol. The maximum Gasteiger partial charge on any atom is 0.406 e. The molecule has 1 rings (SSSR count). The molecule has 0 atom stereocenters. The van der Waals surface area contributed by atoms with Crippen LogP contribution in [-0.4, -0.2) is 13.1 Å². The predicted octanol–water partition coefficient (Wildman–Crippen LogP) is 0.760. The molecule has 1 aromatic heterocycles. The Kier molecular flexibility index (Phi) is 2.50. The molecule has 0 aliphatic heterocycles. The fourth-order valence-electron chi connectivity index (χ4n) is 0.749. The summed E-state index contributed by atoms with van der Waals surface area (Å²) in [6, 6.07) is 2.89. The van der Waals surface area contributed by atoms with E-state index in [1.807, 2.05) is 0 Å². The molecule has 0 saturated carbocycles. The largest absolute Gasteiger partial charge is 0.618 e. The van der Waals surface area contributed by atoms with Crippen LogP contribution in [-0.2, 0) is 4.74 Å². The Labute approximate surface area is 73.9 Å². The van der Waals surface area contributed by atoms with Crippen LogP contribution < -0.4 is 4.73 Å². The van der Waals surface area contributed by atoms with E-state index in [9.17, 15) is 10.0 Å². The minimum Gasteiger partial charge on any atom is -0.618 e. The maximum absolute atomic E-state index is 11.0. The van der Waals surface area contributed by atoms with Crippen LogP contribution in [0.5, 0.6) is 0 Å². The van der Waals surface area contributed by atoms with Crippen molar-refractivity contribution in [3.63, 3.8) is 0 Å². The van der Waals surface area contributed by atoms with Crippen molar-refractivity contribution in [2.45, 2.75) is 0 Å². The lowest BCUT2D eigenvalue weighted by Crippen LogP contribution is -2.34. The van der Waals surface area contributed by atoms with E-state index < -0.39 is 5.97 Å². The quantitative estimate of drug-likeness (QED) is 0.371. The molecular weight excluding hydrogens is 182 g/mol. The molecular formula is C7H6ClNO3. The number of hydrogen-bond acceptors (Lipinski definition) is 3. The first-order chi connectivity index (χ1) is 5.66. The Morgan fingerprint density at radius 1 is 1.75 bits per heavy atom. The first-order valence-electron chi connectivity index (χ1n) is 3.13. The molecule has 0 spiro atoms. The van der Waals surface area contributed by atoms with Crippen molar-refractivity contribution in [2.75, 3.05) is 7.11 Å². The molecule has 5 heteroatoms. The molecule has 12 heavy (non-hydrogen) atoms. The van der Waals surface area contributed by atoms with Gasteiger partial charge in [0.2, 0.25) is 0 Å². The number of methoxy groups -OCH3 is 1. The molecule has 64 valence electrons. The number of pyridine rings is 1. The number of halogens is 1. The number of esters is 1. The van der Waals surface area contributed by atoms with Gasteiger partial charge in [-0.1, -0.05) is 11.6 Å². The highest BCUT2D eigenvalue weighted by molar-refractivity contribution is 6.32. The van der Waals surface area contributed by atoms with Crippen LogP contribution in [0.15, 0.2) is 18.3 Å². The molecule has 1 heterocycles. The number of rotatable bonds is 1. The van der Waals surface area contributed by atoms with Crippen LogP contribution in [0.25, 0.3) is 0 Å². The lowest BCUT2D eigenvalue weighted by Gasteiger charge is -2.02. The fraction of sp³-hybridized carbons (Fsp3) is 0.143. The molecule has 4 nitrogen and oxygen atoms in total. The maximum atomic E-state index is 11.0. The van der Waals surface area contributed by atoms with Gasteiger partial charge < -0.3 is 9.94 Å². The van der Waals surface area contributed by atoms with Crippen LogP contribution in [0.1, 0.15) is 10.5 Å². The van der Waals surface area contributed by atoms with E-state index in [0.717, 1.165) is 0 Å². The average molecular weight is 188 g/mol. The van der Waals surface area contributed by atoms with Gasteiger partial charge in [0.15, 0.2) is 6.20 Å². The number of carbonyl (C=O) groups is 1. The monoisotopic (exact) mass is 187 g/mol. The van der Waals surface area contributed by atoms with Gasteiger partial charge in [-0.05, 0) is 6.07 Å². The van der Waals surface area contributed by atoms with Crippen molar-refractivity contribution < 1.29 is 14.3 Å². The van der Waals surface area contributed by atoms with E-state index in [1.54, 1.807) is 0 Å². The molecule has 0 fully saturated rings. The summed E-state index contributed by atoms with van der Waals surface area (Å²) in [5.41, 5.74) is -0.193. The Bertz CT molecular complexity index is 293. The van der Waals surface area contributed by atoms with Gasteiger partial charge in [-0.2, -0.15) is 4.73 Å². The van der Waals surface area contributed by atoms with E-state index in [2.05, 4.69) is 4.74 Å². The van der Waals surface area contributed by atoms with Crippen molar-refractivity contribution in [1.82, 2.24) is 0 Å². The van der Waals surface area contributed by atoms with Crippen LogP contribution in [0, 0.1) is 5.21 Å². The highest BCUT2D eigenvalue weighted by Crippen LogP contribution is 2.10. The summed E-state index contributed by atoms with van der Waals surface area (Å²) < 4.78 is 4.72. The van der Waals surface area contributed by atoms with Crippen LogP contribution in [0.4, 0.5) is 0 Å². The second-order valence-corrected chi connectivity index (χ2v) is 2.43. The van der Waals surface area contributed by atoms with Gasteiger partial charge in [0, 0.05) is 6.07 Å². The fourth-order valence-corrected chi connectivity index (χ4v) is 0.982. The standard InChI is InChI=1S/C7H6ClNO3/c1-12-7(10)6-5(8)3-2-4-9(6)11/h2-4H,1H3. The van der Waals surface area contributed by atoms with Crippen LogP contribution in [0.2, 0.25) is 5.02 Å². The van der Waals surface area contributed by atoms with Crippen LogP contribution in [0.3, 0.4) is 0 Å². The molecule has 0 unspecified atom stereocenters. The Morgan fingerprint density at radius 3 is 2.92 bits per heavy atom. The second kappa shape index (κ2) is 3.40. The van der Waals surface area contributed by atoms with Gasteiger partial charge in [-0.25, -0.2) is 4.79 Å². The van der Waals surface area contributed by atoms with Crippen molar-refractivity contribution in [2.24, 2.45) is 0 Å². The summed E-state index contributed by atoms with van der Waals surface area (Å²) in [5, 5.41) is 11.1. The first-order valence-corrected chi connectivity index (χ1v) is 3.50. The van der Waals surface area contributed by atoms with E-state index >= 15 is 0 Å². The molecule has 0 amide bonds. The zero-order valence-corrected chi connectivity index (χ0v) is 7.04. The number of carbonyl (C=O) groups excluding carboxylic acids is 1. The zero-order chi connectivity index (χ0) is 9.14.